The Morgan fingerprint density at radius 1 is 1.05 bits per heavy atom. The van der Waals surface area contributed by atoms with Crippen LogP contribution in [0.4, 0.5) is 5.69 Å². The minimum absolute atomic E-state index is 0.00302. The lowest BCUT2D eigenvalue weighted by Crippen LogP contribution is -2.50. The maximum Gasteiger partial charge on any atom is 0.264 e. The molecule has 8 nitrogen and oxygen atoms in total. The number of anilines is 1. The molecule has 11 heteroatoms. The summed E-state index contributed by atoms with van der Waals surface area (Å²) in [7, 11) is -1.36. The smallest absolute Gasteiger partial charge is 0.264 e. The number of amides is 2. The fourth-order valence-electron chi connectivity index (χ4n) is 3.79. The van der Waals surface area contributed by atoms with E-state index in [2.05, 4.69) is 21.2 Å². The highest BCUT2D eigenvalue weighted by molar-refractivity contribution is 9.10. The molecular weight excluding hydrogens is 594 g/mol. The van der Waals surface area contributed by atoms with Gasteiger partial charge in [0, 0.05) is 23.1 Å². The van der Waals surface area contributed by atoms with Crippen LogP contribution in [0.3, 0.4) is 0 Å². The zero-order chi connectivity index (χ0) is 28.0. The Morgan fingerprint density at radius 2 is 1.68 bits per heavy atom. The van der Waals surface area contributed by atoms with Gasteiger partial charge in [0.2, 0.25) is 11.8 Å². The summed E-state index contributed by atoms with van der Waals surface area (Å²) in [4.78, 5) is 27.7. The molecule has 3 aromatic carbocycles. The molecule has 0 aliphatic carbocycles. The van der Waals surface area contributed by atoms with E-state index in [1.807, 2.05) is 31.2 Å². The first-order chi connectivity index (χ1) is 18.0. The molecule has 1 N–H and O–H groups in total. The number of sulfonamides is 1. The van der Waals surface area contributed by atoms with Crippen molar-refractivity contribution in [1.29, 1.82) is 0 Å². The number of aryl methyl sites for hydroxylation is 1. The summed E-state index contributed by atoms with van der Waals surface area (Å²) >= 11 is 9.63. The molecule has 0 spiro atoms. The van der Waals surface area contributed by atoms with Crippen molar-refractivity contribution in [3.05, 3.63) is 87.4 Å². The first kappa shape index (κ1) is 29.5. The lowest BCUT2D eigenvalue weighted by molar-refractivity contribution is -0.139. The number of carbonyl (C=O) groups is 2. The topological polar surface area (TPSA) is 96.0 Å². The molecule has 0 saturated heterocycles. The zero-order valence-electron chi connectivity index (χ0n) is 21.4. The number of carbonyl (C=O) groups excluding carboxylic acids is 2. The second-order valence-electron chi connectivity index (χ2n) is 8.58. The van der Waals surface area contributed by atoms with Crippen molar-refractivity contribution in [2.75, 3.05) is 25.0 Å². The van der Waals surface area contributed by atoms with E-state index in [0.717, 1.165) is 19.9 Å². The maximum atomic E-state index is 13.9. The predicted molar refractivity (Wildman–Crippen MR) is 152 cm³/mol. The van der Waals surface area contributed by atoms with Crippen LogP contribution in [0.5, 0.6) is 5.75 Å². The van der Waals surface area contributed by atoms with Gasteiger partial charge in [0.15, 0.2) is 0 Å². The van der Waals surface area contributed by atoms with Gasteiger partial charge >= 0.3 is 0 Å². The van der Waals surface area contributed by atoms with E-state index >= 15 is 0 Å². The maximum absolute atomic E-state index is 13.9. The normalized spacial score (nSPS) is 11.9. The Bertz CT molecular complexity index is 1400. The van der Waals surface area contributed by atoms with Gasteiger partial charge in [-0.2, -0.15) is 0 Å². The average Bonchev–Trinajstić information content (AvgIpc) is 2.90. The number of hydrogen-bond donors (Lipinski definition) is 1. The van der Waals surface area contributed by atoms with Gasteiger partial charge in [-0.3, -0.25) is 13.9 Å². The van der Waals surface area contributed by atoms with Gasteiger partial charge in [-0.1, -0.05) is 57.4 Å². The summed E-state index contributed by atoms with van der Waals surface area (Å²) in [5, 5.41) is 2.82. The molecule has 3 rings (SSSR count). The van der Waals surface area contributed by atoms with Gasteiger partial charge in [0.25, 0.3) is 10.0 Å². The highest BCUT2D eigenvalue weighted by atomic mass is 79.9. The minimum atomic E-state index is -4.24. The molecule has 0 radical (unpaired) electrons. The highest BCUT2D eigenvalue weighted by Gasteiger charge is 2.33. The minimum Gasteiger partial charge on any atom is -0.495 e. The average molecular weight is 623 g/mol. The fraction of sp³-hybridized carbons (Fsp3) is 0.259. The molecule has 0 unspecified atom stereocenters. The Morgan fingerprint density at radius 3 is 2.26 bits per heavy atom. The third-order valence-electron chi connectivity index (χ3n) is 5.98. The molecule has 3 aromatic rings. The zero-order valence-corrected chi connectivity index (χ0v) is 24.6. The number of likely N-dealkylation sites (N-methyl/N-ethyl adjacent to an activating group) is 1. The summed E-state index contributed by atoms with van der Waals surface area (Å²) in [5.41, 5.74) is 1.75. The molecule has 202 valence electrons. The summed E-state index contributed by atoms with van der Waals surface area (Å²) < 4.78 is 35.1. The van der Waals surface area contributed by atoms with E-state index in [0.29, 0.717) is 0 Å². The molecule has 38 heavy (non-hydrogen) atoms. The van der Waals surface area contributed by atoms with Crippen LogP contribution in [0, 0.1) is 6.92 Å². The van der Waals surface area contributed by atoms with Crippen LogP contribution in [-0.4, -0.2) is 51.9 Å². The Hall–Kier alpha value is -3.08. The quantitative estimate of drug-likeness (QED) is 0.351. The molecule has 0 aromatic heterocycles. The second kappa shape index (κ2) is 12.6. The van der Waals surface area contributed by atoms with Crippen LogP contribution in [-0.2, 0) is 26.2 Å². The number of nitrogens with one attached hydrogen (secondary N) is 1. The van der Waals surface area contributed by atoms with E-state index < -0.39 is 28.5 Å². The van der Waals surface area contributed by atoms with Gasteiger partial charge < -0.3 is 15.0 Å². The van der Waals surface area contributed by atoms with Crippen molar-refractivity contribution in [2.24, 2.45) is 0 Å². The third kappa shape index (κ3) is 6.86. The van der Waals surface area contributed by atoms with E-state index in [1.165, 1.54) is 43.3 Å². The lowest BCUT2D eigenvalue weighted by Gasteiger charge is -2.32. The first-order valence-corrected chi connectivity index (χ1v) is 14.3. The van der Waals surface area contributed by atoms with E-state index in [-0.39, 0.29) is 33.8 Å². The monoisotopic (exact) mass is 621 g/mol. The van der Waals surface area contributed by atoms with Crippen molar-refractivity contribution in [3.63, 3.8) is 0 Å². The van der Waals surface area contributed by atoms with E-state index in [1.54, 1.807) is 25.1 Å². The molecule has 2 amide bonds. The standard InChI is InChI=1S/C27H29BrClN3O5S/c1-18-5-12-23(13-6-18)38(35,36)32(24-15-22(29)11-14-25(24)37-4)17-26(33)31(19(2)27(34)30-3)16-20-7-9-21(28)10-8-20/h5-15,19H,16-17H2,1-4H3,(H,30,34)/t19-/m0/s1. The van der Waals surface area contributed by atoms with Gasteiger partial charge in [-0.25, -0.2) is 8.42 Å². The Labute approximate surface area is 236 Å². The molecule has 0 saturated carbocycles. The molecule has 0 fully saturated rings. The van der Waals surface area contributed by atoms with Crippen LogP contribution in [0.15, 0.2) is 76.1 Å². The highest BCUT2D eigenvalue weighted by Crippen LogP contribution is 2.35. The number of methoxy groups -OCH3 is 1. The Kier molecular flexibility index (Phi) is 9.81. The van der Waals surface area contributed by atoms with Crippen LogP contribution in [0.25, 0.3) is 0 Å². The third-order valence-corrected chi connectivity index (χ3v) is 8.52. The van der Waals surface area contributed by atoms with Crippen LogP contribution in [0.2, 0.25) is 5.02 Å². The van der Waals surface area contributed by atoms with Crippen LogP contribution >= 0.6 is 27.5 Å². The van der Waals surface area contributed by atoms with Gasteiger partial charge in [0.05, 0.1) is 17.7 Å². The second-order valence-corrected chi connectivity index (χ2v) is 11.8. The van der Waals surface area contributed by atoms with Crippen LogP contribution < -0.4 is 14.4 Å². The summed E-state index contributed by atoms with van der Waals surface area (Å²) in [5.74, 6) is -0.748. The van der Waals surface area contributed by atoms with Crippen molar-refractivity contribution in [1.82, 2.24) is 10.2 Å². The summed E-state index contributed by atoms with van der Waals surface area (Å²) in [6, 6.07) is 17.3. The summed E-state index contributed by atoms with van der Waals surface area (Å²) in [6.45, 7) is 2.93. The number of ether oxygens (including phenoxy) is 1. The number of halogens is 2. The molecule has 0 bridgehead atoms. The van der Waals surface area contributed by atoms with Crippen molar-refractivity contribution in [2.45, 2.75) is 31.3 Å². The fourth-order valence-corrected chi connectivity index (χ4v) is 5.63. The van der Waals surface area contributed by atoms with Crippen molar-refractivity contribution >= 4 is 55.1 Å². The van der Waals surface area contributed by atoms with Crippen molar-refractivity contribution < 1.29 is 22.7 Å². The first-order valence-electron chi connectivity index (χ1n) is 11.7. The lowest BCUT2D eigenvalue weighted by atomic mass is 10.1. The molecule has 0 heterocycles. The number of hydrogen-bond acceptors (Lipinski definition) is 5. The number of nitrogens with zero attached hydrogens (tertiary/aromatic N) is 2. The van der Waals surface area contributed by atoms with E-state index in [4.69, 9.17) is 16.3 Å². The summed E-state index contributed by atoms with van der Waals surface area (Å²) in [6.07, 6.45) is 0. The SMILES string of the molecule is CNC(=O)[C@H](C)N(Cc1ccc(Br)cc1)C(=O)CN(c1cc(Cl)ccc1OC)S(=O)(=O)c1ccc(C)cc1. The van der Waals surface area contributed by atoms with Gasteiger partial charge in [-0.05, 0) is 61.9 Å². The van der Waals surface area contributed by atoms with E-state index in [9.17, 15) is 18.0 Å². The molecule has 0 aliphatic heterocycles. The van der Waals surface area contributed by atoms with Crippen LogP contribution in [0.1, 0.15) is 18.1 Å². The molecule has 1 atom stereocenters. The van der Waals surface area contributed by atoms with Gasteiger partial charge in [0.1, 0.15) is 18.3 Å². The van der Waals surface area contributed by atoms with Crippen molar-refractivity contribution in [3.8, 4) is 5.75 Å². The van der Waals surface area contributed by atoms with Gasteiger partial charge in [-0.15, -0.1) is 0 Å². The largest absolute Gasteiger partial charge is 0.495 e. The molecule has 0 aliphatic rings. The predicted octanol–water partition coefficient (Wildman–Crippen LogP) is 4.78. The molecular formula is C27H29BrClN3O5S. The number of benzene rings is 3. The number of rotatable bonds is 10. The Balaban J connectivity index is 2.10.